The molecule has 0 amide bonds. The molecule has 0 aromatic carbocycles. The van der Waals surface area contributed by atoms with E-state index in [-0.39, 0.29) is 0 Å². The third kappa shape index (κ3) is 21.5. The second-order valence-corrected chi connectivity index (χ2v) is 7.43. The van der Waals surface area contributed by atoms with Gasteiger partial charge in [0.25, 0.3) is 0 Å². The molecule has 0 aliphatic rings. The van der Waals surface area contributed by atoms with Gasteiger partial charge in [-0.1, -0.05) is 109 Å². The Kier molecular flexibility index (Phi) is 22.0. The first-order chi connectivity index (χ1) is 11.9. The summed E-state index contributed by atoms with van der Waals surface area (Å²) in [5, 5.41) is 0. The van der Waals surface area contributed by atoms with Gasteiger partial charge in [0.2, 0.25) is 0 Å². The van der Waals surface area contributed by atoms with Gasteiger partial charge in [-0.15, -0.1) is 6.58 Å². The summed E-state index contributed by atoms with van der Waals surface area (Å²) in [5.74, 6) is 0. The maximum Gasteiger partial charge on any atom is -0.0351 e. The molecule has 0 aromatic rings. The van der Waals surface area contributed by atoms with Gasteiger partial charge in [-0.2, -0.15) is 0 Å². The number of allylic oxidation sites excluding steroid dienone is 3. The molecule has 0 rings (SSSR count). The van der Waals surface area contributed by atoms with Crippen molar-refractivity contribution >= 4 is 0 Å². The van der Waals surface area contributed by atoms with E-state index in [0.717, 1.165) is 0 Å². The lowest BCUT2D eigenvalue weighted by atomic mass is 10.0. The summed E-state index contributed by atoms with van der Waals surface area (Å²) >= 11 is 0. The van der Waals surface area contributed by atoms with Crippen LogP contribution in [-0.2, 0) is 0 Å². The van der Waals surface area contributed by atoms with Crippen LogP contribution >= 0.6 is 0 Å². The Morgan fingerprint density at radius 2 is 0.792 bits per heavy atom. The van der Waals surface area contributed by atoms with Crippen LogP contribution in [0.1, 0.15) is 129 Å². The Hall–Kier alpha value is -0.520. The minimum absolute atomic E-state index is 1.19. The smallest absolute Gasteiger partial charge is 0.0351 e. The summed E-state index contributed by atoms with van der Waals surface area (Å²) < 4.78 is 0. The fourth-order valence-corrected chi connectivity index (χ4v) is 3.24. The molecule has 0 radical (unpaired) electrons. The molecule has 0 bridgehead atoms. The van der Waals surface area contributed by atoms with E-state index in [4.69, 9.17) is 0 Å². The van der Waals surface area contributed by atoms with E-state index in [9.17, 15) is 0 Å². The van der Waals surface area contributed by atoms with Crippen LogP contribution < -0.4 is 0 Å². The molecule has 0 N–H and O–H groups in total. The van der Waals surface area contributed by atoms with Gasteiger partial charge >= 0.3 is 0 Å². The summed E-state index contributed by atoms with van der Waals surface area (Å²) in [7, 11) is 0. The summed E-state index contributed by atoms with van der Waals surface area (Å²) in [4.78, 5) is 0. The first kappa shape index (κ1) is 23.5. The topological polar surface area (TPSA) is 0 Å². The van der Waals surface area contributed by atoms with E-state index >= 15 is 0 Å². The van der Waals surface area contributed by atoms with Crippen molar-refractivity contribution in [1.29, 1.82) is 0 Å². The standard InChI is InChI=1S/C24H46/c1-3-5-7-9-11-13-15-17-19-21-23-24-22-20-18-16-14-12-10-8-6-4-2/h3,17,19H,1,4-16,18,20-24H2,2H3. The fourth-order valence-electron chi connectivity index (χ4n) is 3.24. The molecule has 142 valence electrons. The van der Waals surface area contributed by atoms with E-state index in [0.29, 0.717) is 0 Å². The van der Waals surface area contributed by atoms with Crippen molar-refractivity contribution in [3.8, 4) is 0 Å². The van der Waals surface area contributed by atoms with Gasteiger partial charge < -0.3 is 0 Å². The van der Waals surface area contributed by atoms with Gasteiger partial charge in [0.05, 0.1) is 0 Å². The molecule has 0 fully saturated rings. The summed E-state index contributed by atoms with van der Waals surface area (Å²) in [6.45, 7) is 6.06. The van der Waals surface area contributed by atoms with Crippen LogP contribution in [0.3, 0.4) is 0 Å². The lowest BCUT2D eigenvalue weighted by Crippen LogP contribution is -1.82. The van der Waals surface area contributed by atoms with Crippen molar-refractivity contribution in [2.24, 2.45) is 0 Å². The van der Waals surface area contributed by atoms with E-state index in [2.05, 4.69) is 25.7 Å². The van der Waals surface area contributed by atoms with Crippen molar-refractivity contribution in [1.82, 2.24) is 0 Å². The minimum atomic E-state index is 1.19. The fraction of sp³-hybridized carbons (Fsp3) is 0.833. The monoisotopic (exact) mass is 334 g/mol. The Balaban J connectivity index is 3.04. The second kappa shape index (κ2) is 22.5. The van der Waals surface area contributed by atoms with Gasteiger partial charge in [-0.25, -0.2) is 0 Å². The maximum absolute atomic E-state index is 3.77. The summed E-state index contributed by atoms with van der Waals surface area (Å²) in [6.07, 6.45) is 33.4. The van der Waals surface area contributed by atoms with E-state index < -0.39 is 0 Å². The Morgan fingerprint density at radius 3 is 1.17 bits per heavy atom. The van der Waals surface area contributed by atoms with Crippen molar-refractivity contribution in [2.75, 3.05) is 0 Å². The number of hydrogen-bond donors (Lipinski definition) is 0. The average molecular weight is 335 g/mol. The highest BCUT2D eigenvalue weighted by Crippen LogP contribution is 2.13. The summed E-state index contributed by atoms with van der Waals surface area (Å²) in [5.41, 5.74) is 0. The minimum Gasteiger partial charge on any atom is -0.103 e. The molecule has 0 aromatic heterocycles. The van der Waals surface area contributed by atoms with Crippen LogP contribution in [0.5, 0.6) is 0 Å². The number of hydrogen-bond acceptors (Lipinski definition) is 0. The van der Waals surface area contributed by atoms with Gasteiger partial charge in [0.15, 0.2) is 0 Å². The second-order valence-electron chi connectivity index (χ2n) is 7.43. The Morgan fingerprint density at radius 1 is 0.458 bits per heavy atom. The Bertz CT molecular complexity index is 251. The van der Waals surface area contributed by atoms with Gasteiger partial charge in [-0.3, -0.25) is 0 Å². The normalized spacial score (nSPS) is 11.4. The van der Waals surface area contributed by atoms with Crippen LogP contribution in [0.2, 0.25) is 0 Å². The molecule has 0 unspecified atom stereocenters. The highest BCUT2D eigenvalue weighted by Gasteiger charge is 1.93. The molecule has 0 aliphatic heterocycles. The third-order valence-electron chi connectivity index (χ3n) is 4.92. The zero-order valence-corrected chi connectivity index (χ0v) is 16.9. The van der Waals surface area contributed by atoms with Crippen molar-refractivity contribution in [3.05, 3.63) is 24.8 Å². The molecule has 0 spiro atoms. The van der Waals surface area contributed by atoms with Gasteiger partial charge in [0, 0.05) is 0 Å². The number of rotatable bonds is 20. The first-order valence-corrected chi connectivity index (χ1v) is 11.2. The quantitative estimate of drug-likeness (QED) is 0.154. The SMILES string of the molecule is C=CCCCCCCC=CCCCCCCCCCCCCCC. The van der Waals surface area contributed by atoms with E-state index in [1.165, 1.54) is 122 Å². The molecule has 24 heavy (non-hydrogen) atoms. The van der Waals surface area contributed by atoms with Crippen LogP contribution in [-0.4, -0.2) is 0 Å². The number of unbranched alkanes of at least 4 members (excludes halogenated alkanes) is 17. The molecule has 0 heterocycles. The Labute approximate surface area is 154 Å². The predicted octanol–water partition coefficient (Wildman–Crippen LogP) is 9.16. The molecule has 0 saturated heterocycles. The van der Waals surface area contributed by atoms with Crippen LogP contribution in [0.4, 0.5) is 0 Å². The van der Waals surface area contributed by atoms with Crippen LogP contribution in [0.25, 0.3) is 0 Å². The molecule has 0 nitrogen and oxygen atoms in total. The zero-order chi connectivity index (χ0) is 17.6. The van der Waals surface area contributed by atoms with Crippen molar-refractivity contribution in [2.45, 2.75) is 129 Å². The van der Waals surface area contributed by atoms with Crippen LogP contribution in [0.15, 0.2) is 24.8 Å². The molecule has 0 saturated carbocycles. The maximum atomic E-state index is 3.77. The molecular weight excluding hydrogens is 288 g/mol. The molecule has 0 heteroatoms. The molecule has 0 atom stereocenters. The van der Waals surface area contributed by atoms with Gasteiger partial charge in [-0.05, 0) is 38.5 Å². The van der Waals surface area contributed by atoms with Crippen molar-refractivity contribution < 1.29 is 0 Å². The average Bonchev–Trinajstić information content (AvgIpc) is 2.60. The lowest BCUT2D eigenvalue weighted by Gasteiger charge is -2.02. The lowest BCUT2D eigenvalue weighted by molar-refractivity contribution is 0.545. The van der Waals surface area contributed by atoms with Crippen molar-refractivity contribution in [3.63, 3.8) is 0 Å². The van der Waals surface area contributed by atoms with E-state index in [1.807, 2.05) is 6.08 Å². The third-order valence-corrected chi connectivity index (χ3v) is 4.92. The highest BCUT2D eigenvalue weighted by atomic mass is 14.0. The predicted molar refractivity (Wildman–Crippen MR) is 113 cm³/mol. The van der Waals surface area contributed by atoms with Gasteiger partial charge in [0.1, 0.15) is 0 Å². The molecule has 0 aliphatic carbocycles. The zero-order valence-electron chi connectivity index (χ0n) is 16.9. The largest absolute Gasteiger partial charge is 0.103 e. The van der Waals surface area contributed by atoms with Crippen LogP contribution in [0, 0.1) is 0 Å². The molecular formula is C24H46. The highest BCUT2D eigenvalue weighted by molar-refractivity contribution is 4.81. The first-order valence-electron chi connectivity index (χ1n) is 11.2. The summed E-state index contributed by atoms with van der Waals surface area (Å²) in [6, 6.07) is 0. The van der Waals surface area contributed by atoms with E-state index in [1.54, 1.807) is 0 Å².